The van der Waals surface area contributed by atoms with Gasteiger partial charge in [-0.1, -0.05) is 13.8 Å². The molecule has 3 rings (SSSR count). The predicted octanol–water partition coefficient (Wildman–Crippen LogP) is 3.46. The minimum absolute atomic E-state index is 0.0232. The minimum Gasteiger partial charge on any atom is -0.492 e. The van der Waals surface area contributed by atoms with Crippen LogP contribution in [0.25, 0.3) is 21.9 Å². The summed E-state index contributed by atoms with van der Waals surface area (Å²) in [6.45, 7) is 3.97. The number of furan rings is 2. The summed E-state index contributed by atoms with van der Waals surface area (Å²) in [5.74, 6) is 0.668. The molecule has 0 saturated carbocycles. The molecule has 0 unspecified atom stereocenters. The van der Waals surface area contributed by atoms with Crippen molar-refractivity contribution in [1.82, 2.24) is 0 Å². The first-order valence-electron chi connectivity index (χ1n) is 6.16. The van der Waals surface area contributed by atoms with E-state index in [4.69, 9.17) is 13.6 Å². The Balaban J connectivity index is 2.54. The highest BCUT2D eigenvalue weighted by molar-refractivity contribution is 6.05. The van der Waals surface area contributed by atoms with Gasteiger partial charge in [0.05, 0.1) is 31.6 Å². The molecular weight excluding hydrogens is 244 g/mol. The average Bonchev–Trinajstić information content (AvgIpc) is 3.03. The zero-order chi connectivity index (χ0) is 13.6. The van der Waals surface area contributed by atoms with Crippen LogP contribution in [-0.4, -0.2) is 18.8 Å². The van der Waals surface area contributed by atoms with Crippen LogP contribution in [0.2, 0.25) is 0 Å². The molecule has 0 radical (unpaired) electrons. The Morgan fingerprint density at radius 2 is 1.74 bits per heavy atom. The van der Waals surface area contributed by atoms with Crippen molar-refractivity contribution in [2.45, 2.75) is 19.3 Å². The van der Waals surface area contributed by atoms with E-state index in [1.54, 1.807) is 19.6 Å². The number of hydrogen-bond donors (Lipinski definition) is 1. The average molecular weight is 260 g/mol. The molecule has 0 atom stereocenters. The Labute approximate surface area is 110 Å². The molecule has 2 aromatic heterocycles. The van der Waals surface area contributed by atoms with E-state index in [0.29, 0.717) is 11.3 Å². The molecular formula is C15H16O4. The summed E-state index contributed by atoms with van der Waals surface area (Å²) in [4.78, 5) is 0. The van der Waals surface area contributed by atoms with E-state index >= 15 is 0 Å². The standard InChI is InChI=1S/C15H16O4/c1-15(2,8-16)11-9-4-6-19-14(9)13(17-3)10-5-7-18-12(10)11/h4-7,16H,8H2,1-3H3. The van der Waals surface area contributed by atoms with Crippen LogP contribution in [0.15, 0.2) is 33.5 Å². The lowest BCUT2D eigenvalue weighted by Gasteiger charge is -2.23. The van der Waals surface area contributed by atoms with Gasteiger partial charge >= 0.3 is 0 Å². The highest BCUT2D eigenvalue weighted by Gasteiger charge is 2.29. The molecule has 100 valence electrons. The topological polar surface area (TPSA) is 55.7 Å². The first-order valence-corrected chi connectivity index (χ1v) is 6.16. The fourth-order valence-electron chi connectivity index (χ4n) is 2.56. The Bertz CT molecular complexity index is 681. The quantitative estimate of drug-likeness (QED) is 0.783. The number of hydrogen-bond acceptors (Lipinski definition) is 4. The maximum atomic E-state index is 9.66. The fourth-order valence-corrected chi connectivity index (χ4v) is 2.56. The molecule has 0 aliphatic rings. The molecule has 0 aliphatic carbocycles. The number of ether oxygens (including phenoxy) is 1. The Hall–Kier alpha value is -1.94. The third-order valence-electron chi connectivity index (χ3n) is 3.55. The maximum absolute atomic E-state index is 9.66. The molecule has 0 spiro atoms. The van der Waals surface area contributed by atoms with E-state index in [2.05, 4.69) is 0 Å². The van der Waals surface area contributed by atoms with Crippen molar-refractivity contribution in [3.05, 3.63) is 30.2 Å². The van der Waals surface area contributed by atoms with Crippen LogP contribution in [0, 0.1) is 0 Å². The molecule has 0 saturated heterocycles. The smallest absolute Gasteiger partial charge is 0.176 e. The molecule has 4 heteroatoms. The van der Waals surface area contributed by atoms with Crippen LogP contribution < -0.4 is 4.74 Å². The molecule has 0 fully saturated rings. The summed E-state index contributed by atoms with van der Waals surface area (Å²) >= 11 is 0. The van der Waals surface area contributed by atoms with Crippen LogP contribution in [0.1, 0.15) is 19.4 Å². The van der Waals surface area contributed by atoms with Gasteiger partial charge in [-0.05, 0) is 12.1 Å². The van der Waals surface area contributed by atoms with Gasteiger partial charge in [0, 0.05) is 16.4 Å². The monoisotopic (exact) mass is 260 g/mol. The largest absolute Gasteiger partial charge is 0.492 e. The second-order valence-corrected chi connectivity index (χ2v) is 5.28. The fraction of sp³-hybridized carbons (Fsp3) is 0.333. The molecule has 0 bridgehead atoms. The Kier molecular flexibility index (Phi) is 2.57. The van der Waals surface area contributed by atoms with E-state index < -0.39 is 5.41 Å². The van der Waals surface area contributed by atoms with Gasteiger partial charge in [0.25, 0.3) is 0 Å². The van der Waals surface area contributed by atoms with Crippen molar-refractivity contribution in [2.24, 2.45) is 0 Å². The lowest BCUT2D eigenvalue weighted by atomic mass is 9.82. The Morgan fingerprint density at radius 1 is 1.11 bits per heavy atom. The van der Waals surface area contributed by atoms with Crippen LogP contribution in [-0.2, 0) is 5.41 Å². The van der Waals surface area contributed by atoms with Crippen molar-refractivity contribution >= 4 is 21.9 Å². The number of methoxy groups -OCH3 is 1. The van der Waals surface area contributed by atoms with Gasteiger partial charge in [0.2, 0.25) is 0 Å². The van der Waals surface area contributed by atoms with Crippen molar-refractivity contribution in [2.75, 3.05) is 13.7 Å². The lowest BCUT2D eigenvalue weighted by molar-refractivity contribution is 0.219. The van der Waals surface area contributed by atoms with Crippen molar-refractivity contribution in [3.8, 4) is 5.75 Å². The SMILES string of the molecule is COc1c2ccoc2c(C(C)(C)CO)c2ccoc12. The molecule has 1 N–H and O–H groups in total. The maximum Gasteiger partial charge on any atom is 0.176 e. The van der Waals surface area contributed by atoms with Gasteiger partial charge in [-0.2, -0.15) is 0 Å². The van der Waals surface area contributed by atoms with E-state index in [9.17, 15) is 5.11 Å². The normalized spacial score (nSPS) is 12.4. The molecule has 2 heterocycles. The number of aliphatic hydroxyl groups is 1. The third-order valence-corrected chi connectivity index (χ3v) is 3.55. The van der Waals surface area contributed by atoms with Crippen molar-refractivity contribution in [3.63, 3.8) is 0 Å². The van der Waals surface area contributed by atoms with Crippen LogP contribution in [0.4, 0.5) is 0 Å². The van der Waals surface area contributed by atoms with Gasteiger partial charge in [0.1, 0.15) is 5.58 Å². The first-order chi connectivity index (χ1) is 9.10. The van der Waals surface area contributed by atoms with Crippen LogP contribution >= 0.6 is 0 Å². The summed E-state index contributed by atoms with van der Waals surface area (Å²) < 4.78 is 16.6. The first kappa shape index (κ1) is 12.1. The van der Waals surface area contributed by atoms with E-state index in [0.717, 1.165) is 21.9 Å². The van der Waals surface area contributed by atoms with Gasteiger partial charge in [0.15, 0.2) is 11.3 Å². The third kappa shape index (κ3) is 1.56. The van der Waals surface area contributed by atoms with Gasteiger partial charge in [-0.3, -0.25) is 0 Å². The molecule has 0 aliphatic heterocycles. The second kappa shape index (κ2) is 4.03. The molecule has 19 heavy (non-hydrogen) atoms. The summed E-state index contributed by atoms with van der Waals surface area (Å²) in [7, 11) is 1.61. The van der Waals surface area contributed by atoms with E-state index in [1.807, 2.05) is 26.0 Å². The second-order valence-electron chi connectivity index (χ2n) is 5.28. The molecule has 1 aromatic carbocycles. The lowest BCUT2D eigenvalue weighted by Crippen LogP contribution is -2.22. The molecule has 3 aromatic rings. The van der Waals surface area contributed by atoms with E-state index in [-0.39, 0.29) is 6.61 Å². The van der Waals surface area contributed by atoms with Crippen molar-refractivity contribution < 1.29 is 18.7 Å². The van der Waals surface area contributed by atoms with Gasteiger partial charge < -0.3 is 18.7 Å². The molecule has 0 amide bonds. The zero-order valence-corrected chi connectivity index (χ0v) is 11.2. The minimum atomic E-state index is -0.426. The predicted molar refractivity (Wildman–Crippen MR) is 72.6 cm³/mol. The van der Waals surface area contributed by atoms with E-state index in [1.165, 1.54) is 0 Å². The number of aliphatic hydroxyl groups excluding tert-OH is 1. The number of rotatable bonds is 3. The summed E-state index contributed by atoms with van der Waals surface area (Å²) in [6.07, 6.45) is 3.26. The highest BCUT2D eigenvalue weighted by Crippen LogP contribution is 2.43. The summed E-state index contributed by atoms with van der Waals surface area (Å²) in [5.41, 5.74) is 1.95. The van der Waals surface area contributed by atoms with Crippen molar-refractivity contribution in [1.29, 1.82) is 0 Å². The summed E-state index contributed by atoms with van der Waals surface area (Å²) in [6, 6.07) is 3.74. The Morgan fingerprint density at radius 3 is 2.37 bits per heavy atom. The van der Waals surface area contributed by atoms with Crippen LogP contribution in [0.3, 0.4) is 0 Å². The number of benzene rings is 1. The van der Waals surface area contributed by atoms with Gasteiger partial charge in [-0.15, -0.1) is 0 Å². The highest BCUT2D eigenvalue weighted by atomic mass is 16.5. The van der Waals surface area contributed by atoms with Crippen LogP contribution in [0.5, 0.6) is 5.75 Å². The summed E-state index contributed by atoms with van der Waals surface area (Å²) in [5, 5.41) is 11.4. The van der Waals surface area contributed by atoms with Gasteiger partial charge in [-0.25, -0.2) is 0 Å². The zero-order valence-electron chi connectivity index (χ0n) is 11.2. The molecule has 4 nitrogen and oxygen atoms in total. The number of fused-ring (bicyclic) bond motifs is 2.